The standard InChI is InChI=1S/C17H23ClN6O6/c1-29-12-4-3-10(5-13(12)30-2)7-21-24-9-23(11(15(26)27)6-14(19)25)17(28,8-18)22-16(24)20/h3-5,7,11,28H,6,8-9H2,1-2H3,(H2,19,25)(H2,20,22)(H,26,27)/b21-7-. The van der Waals surface area contributed by atoms with Crippen LogP contribution in [0.15, 0.2) is 28.3 Å². The van der Waals surface area contributed by atoms with E-state index in [-0.39, 0.29) is 12.6 Å². The van der Waals surface area contributed by atoms with Gasteiger partial charge in [-0.1, -0.05) is 0 Å². The third-order valence-corrected chi connectivity index (χ3v) is 4.65. The van der Waals surface area contributed by atoms with Crippen LogP contribution in [0.2, 0.25) is 0 Å². The van der Waals surface area contributed by atoms with Crippen LogP contribution in [0.5, 0.6) is 11.5 Å². The molecule has 0 radical (unpaired) electrons. The van der Waals surface area contributed by atoms with Gasteiger partial charge in [0, 0.05) is 0 Å². The Morgan fingerprint density at radius 1 is 1.40 bits per heavy atom. The van der Waals surface area contributed by atoms with Crippen molar-refractivity contribution in [3.05, 3.63) is 23.8 Å². The molecule has 6 N–H and O–H groups in total. The van der Waals surface area contributed by atoms with E-state index in [9.17, 15) is 19.8 Å². The highest BCUT2D eigenvalue weighted by molar-refractivity contribution is 6.18. The second-order valence-electron chi connectivity index (χ2n) is 6.27. The van der Waals surface area contributed by atoms with Crippen molar-refractivity contribution in [1.29, 1.82) is 0 Å². The second-order valence-corrected chi connectivity index (χ2v) is 6.54. The molecule has 0 saturated heterocycles. The number of amides is 1. The van der Waals surface area contributed by atoms with E-state index >= 15 is 0 Å². The lowest BCUT2D eigenvalue weighted by molar-refractivity contribution is -0.168. The number of guanidine groups is 1. The number of hydrogen-bond donors (Lipinski definition) is 4. The van der Waals surface area contributed by atoms with Crippen molar-refractivity contribution in [3.63, 3.8) is 0 Å². The van der Waals surface area contributed by atoms with Crippen molar-refractivity contribution < 1.29 is 29.3 Å². The molecule has 1 amide bonds. The Morgan fingerprint density at radius 2 is 2.07 bits per heavy atom. The first-order chi connectivity index (χ1) is 14.1. The van der Waals surface area contributed by atoms with E-state index in [4.69, 9.17) is 32.5 Å². The van der Waals surface area contributed by atoms with Crippen molar-refractivity contribution in [1.82, 2.24) is 9.91 Å². The number of ether oxygens (including phenoxy) is 2. The molecule has 0 fully saturated rings. The number of halogens is 1. The molecule has 164 valence electrons. The Hall–Kier alpha value is -3.09. The molecular formula is C17H23ClN6O6. The van der Waals surface area contributed by atoms with Gasteiger partial charge in [0.15, 0.2) is 11.5 Å². The average Bonchev–Trinajstić information content (AvgIpc) is 2.71. The Balaban J connectivity index is 2.35. The van der Waals surface area contributed by atoms with Crippen LogP contribution >= 0.6 is 11.6 Å². The molecule has 2 rings (SSSR count). The van der Waals surface area contributed by atoms with Crippen LogP contribution in [0.3, 0.4) is 0 Å². The van der Waals surface area contributed by atoms with Crippen molar-refractivity contribution in [2.75, 3.05) is 26.8 Å². The van der Waals surface area contributed by atoms with Crippen molar-refractivity contribution in [2.24, 2.45) is 21.6 Å². The van der Waals surface area contributed by atoms with Crippen LogP contribution in [0, 0.1) is 0 Å². The number of aliphatic carboxylic acids is 1. The molecule has 1 aliphatic rings. The number of aliphatic hydroxyl groups is 1. The van der Waals surface area contributed by atoms with Crippen LogP contribution < -0.4 is 20.9 Å². The number of benzene rings is 1. The number of carbonyl (C=O) groups excluding carboxylic acids is 1. The average molecular weight is 443 g/mol. The van der Waals surface area contributed by atoms with Crippen molar-refractivity contribution in [2.45, 2.75) is 18.3 Å². The number of aliphatic imine (C=N–C) groups is 1. The predicted octanol–water partition coefficient (Wildman–Crippen LogP) is -0.859. The summed E-state index contributed by atoms with van der Waals surface area (Å²) in [4.78, 5) is 27.8. The number of nitrogens with two attached hydrogens (primary N) is 2. The van der Waals surface area contributed by atoms with E-state index in [1.807, 2.05) is 0 Å². The van der Waals surface area contributed by atoms with Gasteiger partial charge in [0.05, 0.1) is 32.7 Å². The molecule has 1 aliphatic heterocycles. The molecule has 13 heteroatoms. The summed E-state index contributed by atoms with van der Waals surface area (Å²) in [6, 6.07) is 3.56. The van der Waals surface area contributed by atoms with Gasteiger partial charge in [0.2, 0.25) is 17.7 Å². The number of carboxylic acid groups (broad SMARTS) is 1. The van der Waals surface area contributed by atoms with Crippen LogP contribution in [0.4, 0.5) is 0 Å². The summed E-state index contributed by atoms with van der Waals surface area (Å²) in [5, 5.41) is 25.5. The number of carboxylic acids is 1. The van der Waals surface area contributed by atoms with Gasteiger partial charge in [-0.3, -0.25) is 9.59 Å². The summed E-state index contributed by atoms with van der Waals surface area (Å²) in [6.45, 7) is -0.313. The maximum Gasteiger partial charge on any atom is 0.321 e. The minimum atomic E-state index is -2.15. The molecule has 1 aromatic rings. The Labute approximate surface area is 177 Å². The van der Waals surface area contributed by atoms with Gasteiger partial charge in [-0.15, -0.1) is 11.6 Å². The summed E-state index contributed by atoms with van der Waals surface area (Å²) >= 11 is 5.80. The third kappa shape index (κ3) is 5.09. The molecule has 2 atom stereocenters. The van der Waals surface area contributed by atoms with Gasteiger partial charge in [-0.25, -0.2) is 14.9 Å². The third-order valence-electron chi connectivity index (χ3n) is 4.29. The molecule has 2 unspecified atom stereocenters. The minimum absolute atomic E-state index is 0.200. The van der Waals surface area contributed by atoms with Gasteiger partial charge < -0.3 is 31.2 Å². The molecule has 0 saturated carbocycles. The summed E-state index contributed by atoms with van der Waals surface area (Å²) < 4.78 is 10.4. The lowest BCUT2D eigenvalue weighted by atomic mass is 10.1. The van der Waals surface area contributed by atoms with Gasteiger partial charge >= 0.3 is 5.97 Å². The zero-order chi connectivity index (χ0) is 22.5. The first kappa shape index (κ1) is 23.2. The van der Waals surface area contributed by atoms with Gasteiger partial charge in [0.25, 0.3) is 0 Å². The molecule has 12 nitrogen and oxygen atoms in total. The molecular weight excluding hydrogens is 420 g/mol. The molecule has 0 bridgehead atoms. The number of hydrazone groups is 1. The summed E-state index contributed by atoms with van der Waals surface area (Å²) in [5.74, 6) is -4.10. The highest BCUT2D eigenvalue weighted by Gasteiger charge is 2.46. The maximum atomic E-state index is 11.7. The summed E-state index contributed by atoms with van der Waals surface area (Å²) in [7, 11) is 3.00. The smallest absolute Gasteiger partial charge is 0.321 e. The number of methoxy groups -OCH3 is 2. The predicted molar refractivity (Wildman–Crippen MR) is 108 cm³/mol. The van der Waals surface area contributed by atoms with Crippen molar-refractivity contribution in [3.8, 4) is 11.5 Å². The van der Waals surface area contributed by atoms with Crippen molar-refractivity contribution >= 4 is 35.7 Å². The van der Waals surface area contributed by atoms with Gasteiger partial charge in [-0.2, -0.15) is 5.10 Å². The molecule has 0 aromatic heterocycles. The largest absolute Gasteiger partial charge is 0.493 e. The van der Waals surface area contributed by atoms with E-state index < -0.39 is 36.1 Å². The Morgan fingerprint density at radius 3 is 2.60 bits per heavy atom. The highest BCUT2D eigenvalue weighted by atomic mass is 35.5. The normalized spacial score (nSPS) is 20.7. The van der Waals surface area contributed by atoms with E-state index in [0.29, 0.717) is 17.1 Å². The first-order valence-electron chi connectivity index (χ1n) is 8.60. The molecule has 0 aliphatic carbocycles. The lowest BCUT2D eigenvalue weighted by Crippen LogP contribution is -2.65. The number of hydrogen-bond acceptors (Lipinski definition) is 10. The summed E-state index contributed by atoms with van der Waals surface area (Å²) in [5.41, 5.74) is 11.6. The van der Waals surface area contributed by atoms with E-state index in [1.54, 1.807) is 18.2 Å². The van der Waals surface area contributed by atoms with Crippen LogP contribution in [-0.2, 0) is 9.59 Å². The zero-order valence-corrected chi connectivity index (χ0v) is 17.1. The minimum Gasteiger partial charge on any atom is -0.493 e. The number of rotatable bonds is 9. The SMILES string of the molecule is COc1ccc(/C=N\N2CN(C(CC(N)=O)C(=O)O)C(O)(CCl)N=C2N)cc1OC. The van der Waals surface area contributed by atoms with Crippen LogP contribution in [0.25, 0.3) is 0 Å². The first-order valence-corrected chi connectivity index (χ1v) is 9.13. The quantitative estimate of drug-likeness (QED) is 0.280. The van der Waals surface area contributed by atoms with E-state index in [2.05, 4.69) is 10.1 Å². The topological polar surface area (TPSA) is 176 Å². The fraction of sp³-hybridized carbons (Fsp3) is 0.412. The Kier molecular flexibility index (Phi) is 7.43. The van der Waals surface area contributed by atoms with E-state index in [0.717, 1.165) is 9.91 Å². The fourth-order valence-electron chi connectivity index (χ4n) is 2.78. The van der Waals surface area contributed by atoms with E-state index in [1.165, 1.54) is 20.4 Å². The monoisotopic (exact) mass is 442 g/mol. The molecule has 0 spiro atoms. The highest BCUT2D eigenvalue weighted by Crippen LogP contribution is 2.28. The molecule has 1 heterocycles. The van der Waals surface area contributed by atoms with Gasteiger partial charge in [-0.05, 0) is 23.8 Å². The van der Waals surface area contributed by atoms with Crippen LogP contribution in [0.1, 0.15) is 12.0 Å². The Bertz CT molecular complexity index is 865. The lowest BCUT2D eigenvalue weighted by Gasteiger charge is -2.43. The molecule has 1 aromatic carbocycles. The van der Waals surface area contributed by atoms with Gasteiger partial charge in [0.1, 0.15) is 12.7 Å². The summed E-state index contributed by atoms with van der Waals surface area (Å²) in [6.07, 6.45) is 0.856. The molecule has 30 heavy (non-hydrogen) atoms. The number of carbonyl (C=O) groups is 2. The fourth-order valence-corrected chi connectivity index (χ4v) is 2.99. The number of alkyl halides is 1. The second kappa shape index (κ2) is 9.61. The zero-order valence-electron chi connectivity index (χ0n) is 16.4. The number of primary amides is 1. The van der Waals surface area contributed by atoms with Crippen LogP contribution in [-0.4, -0.2) is 82.8 Å². The number of nitrogens with zero attached hydrogens (tertiary/aromatic N) is 4. The maximum absolute atomic E-state index is 11.7.